The van der Waals surface area contributed by atoms with Crippen molar-refractivity contribution < 1.29 is 19.0 Å². The van der Waals surface area contributed by atoms with Crippen LogP contribution in [-0.4, -0.2) is 54.9 Å². The van der Waals surface area contributed by atoms with Gasteiger partial charge in [0.25, 0.3) is 5.56 Å². The Morgan fingerprint density at radius 1 is 1.21 bits per heavy atom. The van der Waals surface area contributed by atoms with Gasteiger partial charge in [0.15, 0.2) is 11.5 Å². The van der Waals surface area contributed by atoms with Crippen molar-refractivity contribution in [2.24, 2.45) is 0 Å². The second kappa shape index (κ2) is 8.75. The van der Waals surface area contributed by atoms with Gasteiger partial charge in [-0.15, -0.1) is 0 Å². The zero-order valence-electron chi connectivity index (χ0n) is 16.2. The summed E-state index contributed by atoms with van der Waals surface area (Å²) in [5.41, 5.74) is 1.44. The maximum Gasteiger partial charge on any atom is 0.277 e. The van der Waals surface area contributed by atoms with E-state index in [-0.39, 0.29) is 24.4 Å². The standard InChI is InChI=1S/C19H24N4O5/c1-26-8-4-6-20-16(24)5-7-23-11-21-17-12-9-14(27-2)15(28-3)10-13(12)22-18(17)19(23)25/h9-11,22H,4-8H2,1-3H3,(H,20,24). The quantitative estimate of drug-likeness (QED) is 0.537. The van der Waals surface area contributed by atoms with Crippen LogP contribution >= 0.6 is 0 Å². The summed E-state index contributed by atoms with van der Waals surface area (Å²) in [7, 11) is 4.73. The molecule has 3 aromatic rings. The van der Waals surface area contributed by atoms with Gasteiger partial charge in [-0.2, -0.15) is 0 Å². The molecule has 0 spiro atoms. The van der Waals surface area contributed by atoms with Crippen LogP contribution in [0.2, 0.25) is 0 Å². The average molecular weight is 388 g/mol. The number of ether oxygens (including phenoxy) is 3. The molecule has 2 heterocycles. The Labute approximate surface area is 161 Å². The number of rotatable bonds is 9. The van der Waals surface area contributed by atoms with E-state index < -0.39 is 0 Å². The van der Waals surface area contributed by atoms with E-state index in [1.807, 2.05) is 0 Å². The van der Waals surface area contributed by atoms with Gasteiger partial charge in [0.05, 0.1) is 26.1 Å². The number of carbonyl (C=O) groups is 1. The maximum atomic E-state index is 12.8. The number of hydrogen-bond donors (Lipinski definition) is 2. The predicted octanol–water partition coefficient (Wildman–Crippen LogP) is 1.44. The number of H-pyrrole nitrogens is 1. The molecule has 0 aliphatic rings. The average Bonchev–Trinajstić information content (AvgIpc) is 3.08. The summed E-state index contributed by atoms with van der Waals surface area (Å²) in [4.78, 5) is 32.2. The van der Waals surface area contributed by atoms with Crippen LogP contribution in [0.25, 0.3) is 21.9 Å². The number of methoxy groups -OCH3 is 3. The number of amides is 1. The van der Waals surface area contributed by atoms with Crippen LogP contribution in [-0.2, 0) is 16.1 Å². The Morgan fingerprint density at radius 2 is 1.96 bits per heavy atom. The molecule has 9 heteroatoms. The van der Waals surface area contributed by atoms with Crippen LogP contribution in [0.15, 0.2) is 23.3 Å². The number of fused-ring (bicyclic) bond motifs is 3. The number of nitrogens with one attached hydrogen (secondary N) is 2. The number of aryl methyl sites for hydroxylation is 1. The molecule has 150 valence electrons. The Kier molecular flexibility index (Phi) is 6.15. The van der Waals surface area contributed by atoms with E-state index in [1.54, 1.807) is 33.5 Å². The fourth-order valence-corrected chi connectivity index (χ4v) is 3.03. The van der Waals surface area contributed by atoms with E-state index >= 15 is 0 Å². The van der Waals surface area contributed by atoms with Gasteiger partial charge in [-0.25, -0.2) is 4.98 Å². The van der Waals surface area contributed by atoms with Gasteiger partial charge < -0.3 is 24.5 Å². The molecule has 0 aliphatic heterocycles. The summed E-state index contributed by atoms with van der Waals surface area (Å²) in [5, 5.41) is 3.57. The Morgan fingerprint density at radius 3 is 2.68 bits per heavy atom. The first-order chi connectivity index (χ1) is 13.6. The molecule has 0 atom stereocenters. The molecule has 28 heavy (non-hydrogen) atoms. The largest absolute Gasteiger partial charge is 0.493 e. The van der Waals surface area contributed by atoms with E-state index in [4.69, 9.17) is 14.2 Å². The van der Waals surface area contributed by atoms with Crippen LogP contribution in [0.5, 0.6) is 11.5 Å². The molecule has 0 fully saturated rings. The Bertz CT molecular complexity index is 1040. The zero-order chi connectivity index (χ0) is 20.1. The second-order valence-electron chi connectivity index (χ2n) is 6.29. The van der Waals surface area contributed by atoms with E-state index in [1.165, 1.54) is 10.9 Å². The van der Waals surface area contributed by atoms with Gasteiger partial charge in [0, 0.05) is 44.7 Å². The molecule has 2 N–H and O–H groups in total. The highest BCUT2D eigenvalue weighted by Crippen LogP contribution is 2.34. The second-order valence-corrected chi connectivity index (χ2v) is 6.29. The van der Waals surface area contributed by atoms with Crippen molar-refractivity contribution >= 4 is 27.8 Å². The summed E-state index contributed by atoms with van der Waals surface area (Å²) in [6.45, 7) is 1.39. The van der Waals surface area contributed by atoms with Crippen molar-refractivity contribution in [3.8, 4) is 11.5 Å². The highest BCUT2D eigenvalue weighted by Gasteiger charge is 2.15. The highest BCUT2D eigenvalue weighted by atomic mass is 16.5. The molecular formula is C19H24N4O5. The van der Waals surface area contributed by atoms with Gasteiger partial charge in [-0.05, 0) is 12.5 Å². The number of nitrogens with zero attached hydrogens (tertiary/aromatic N) is 2. The smallest absolute Gasteiger partial charge is 0.277 e. The van der Waals surface area contributed by atoms with E-state index in [0.29, 0.717) is 35.7 Å². The van der Waals surface area contributed by atoms with Crippen molar-refractivity contribution in [1.82, 2.24) is 19.9 Å². The minimum atomic E-state index is -0.230. The molecular weight excluding hydrogens is 364 g/mol. The van der Waals surface area contributed by atoms with Gasteiger partial charge in [0.1, 0.15) is 11.0 Å². The summed E-state index contributed by atoms with van der Waals surface area (Å²) >= 11 is 0. The lowest BCUT2D eigenvalue weighted by atomic mass is 10.2. The van der Waals surface area contributed by atoms with Crippen LogP contribution in [0.3, 0.4) is 0 Å². The minimum Gasteiger partial charge on any atom is -0.493 e. The molecule has 0 bridgehead atoms. The van der Waals surface area contributed by atoms with Crippen molar-refractivity contribution in [2.45, 2.75) is 19.4 Å². The lowest BCUT2D eigenvalue weighted by Gasteiger charge is -2.07. The maximum absolute atomic E-state index is 12.8. The van der Waals surface area contributed by atoms with Crippen LogP contribution in [0.4, 0.5) is 0 Å². The van der Waals surface area contributed by atoms with E-state index in [9.17, 15) is 9.59 Å². The normalized spacial score (nSPS) is 11.1. The fraction of sp³-hybridized carbons (Fsp3) is 0.421. The molecule has 0 unspecified atom stereocenters. The van der Waals surface area contributed by atoms with Gasteiger partial charge in [0.2, 0.25) is 5.91 Å². The number of aromatic amines is 1. The number of hydrogen-bond acceptors (Lipinski definition) is 6. The molecule has 1 aromatic carbocycles. The summed E-state index contributed by atoms with van der Waals surface area (Å²) in [5.74, 6) is 1.01. The third kappa shape index (κ3) is 3.94. The summed E-state index contributed by atoms with van der Waals surface area (Å²) < 4.78 is 17.0. The molecule has 9 nitrogen and oxygen atoms in total. The molecule has 0 saturated carbocycles. The Hall–Kier alpha value is -3.07. The van der Waals surface area contributed by atoms with E-state index in [0.717, 1.165) is 17.3 Å². The molecule has 0 saturated heterocycles. The van der Waals surface area contributed by atoms with Gasteiger partial charge in [-0.3, -0.25) is 14.2 Å². The summed E-state index contributed by atoms with van der Waals surface area (Å²) in [6, 6.07) is 3.56. The summed E-state index contributed by atoms with van der Waals surface area (Å²) in [6.07, 6.45) is 2.41. The lowest BCUT2D eigenvalue weighted by Crippen LogP contribution is -2.28. The molecule has 3 rings (SSSR count). The van der Waals surface area contributed by atoms with Crippen LogP contribution < -0.4 is 20.3 Å². The van der Waals surface area contributed by atoms with Crippen molar-refractivity contribution in [3.05, 3.63) is 28.8 Å². The monoisotopic (exact) mass is 388 g/mol. The number of carbonyl (C=O) groups excluding carboxylic acids is 1. The van der Waals surface area contributed by atoms with Crippen LogP contribution in [0, 0.1) is 0 Å². The zero-order valence-corrected chi connectivity index (χ0v) is 16.2. The first-order valence-electron chi connectivity index (χ1n) is 8.97. The minimum absolute atomic E-state index is 0.116. The van der Waals surface area contributed by atoms with E-state index in [2.05, 4.69) is 15.3 Å². The highest BCUT2D eigenvalue weighted by molar-refractivity contribution is 6.05. The Balaban J connectivity index is 1.82. The predicted molar refractivity (Wildman–Crippen MR) is 105 cm³/mol. The topological polar surface area (TPSA) is 107 Å². The molecule has 2 aromatic heterocycles. The van der Waals surface area contributed by atoms with Gasteiger partial charge >= 0.3 is 0 Å². The molecule has 0 radical (unpaired) electrons. The van der Waals surface area contributed by atoms with Crippen molar-refractivity contribution in [1.29, 1.82) is 0 Å². The third-order valence-electron chi connectivity index (χ3n) is 4.50. The SMILES string of the molecule is COCCCNC(=O)CCn1cnc2c([nH]c3cc(OC)c(OC)cc32)c1=O. The van der Waals surface area contributed by atoms with Crippen molar-refractivity contribution in [3.63, 3.8) is 0 Å². The van der Waals surface area contributed by atoms with Crippen LogP contribution in [0.1, 0.15) is 12.8 Å². The molecule has 0 aliphatic carbocycles. The van der Waals surface area contributed by atoms with Gasteiger partial charge in [-0.1, -0.05) is 0 Å². The number of aromatic nitrogens is 3. The lowest BCUT2D eigenvalue weighted by molar-refractivity contribution is -0.121. The third-order valence-corrected chi connectivity index (χ3v) is 4.50. The van der Waals surface area contributed by atoms with Crippen molar-refractivity contribution in [2.75, 3.05) is 34.5 Å². The number of benzene rings is 1. The first kappa shape index (κ1) is 19.7. The fourth-order valence-electron chi connectivity index (χ4n) is 3.03. The molecule has 1 amide bonds. The first-order valence-corrected chi connectivity index (χ1v) is 8.97.